The molecule has 0 spiro atoms. The Morgan fingerprint density at radius 3 is 2.52 bits per heavy atom. The summed E-state index contributed by atoms with van der Waals surface area (Å²) in [6.45, 7) is 0. The third-order valence-corrected chi connectivity index (χ3v) is 7.34. The van der Waals surface area contributed by atoms with Crippen molar-refractivity contribution < 1.29 is 22.0 Å². The maximum absolute atomic E-state index is 13.7. The lowest BCUT2D eigenvalue weighted by Gasteiger charge is -2.30. The second-order valence-electron chi connectivity index (χ2n) is 7.40. The van der Waals surface area contributed by atoms with Crippen LogP contribution in [0.25, 0.3) is 11.0 Å². The number of carbonyl (C=O) groups is 1. The predicted octanol–water partition coefficient (Wildman–Crippen LogP) is 2.66. The second kappa shape index (κ2) is 6.25. The Hall–Kier alpha value is -3.00. The average Bonchev–Trinajstić information content (AvgIpc) is 3.20. The van der Waals surface area contributed by atoms with Gasteiger partial charge >= 0.3 is 0 Å². The average molecular weight is 413 g/mol. The van der Waals surface area contributed by atoms with Crippen LogP contribution in [-0.2, 0) is 9.84 Å². The van der Waals surface area contributed by atoms with Gasteiger partial charge in [0.25, 0.3) is 5.91 Å². The lowest BCUT2D eigenvalue weighted by molar-refractivity contribution is 0.0662. The van der Waals surface area contributed by atoms with E-state index in [0.717, 1.165) is 12.1 Å². The van der Waals surface area contributed by atoms with Gasteiger partial charge in [-0.1, -0.05) is 30.3 Å². The molecule has 0 N–H and O–H groups in total. The van der Waals surface area contributed by atoms with Crippen LogP contribution in [0.2, 0.25) is 0 Å². The van der Waals surface area contributed by atoms with Crippen LogP contribution in [0.4, 0.5) is 4.39 Å². The quantitative estimate of drug-likeness (QED) is 0.645. The van der Waals surface area contributed by atoms with Crippen LogP contribution in [0.5, 0.6) is 0 Å². The van der Waals surface area contributed by atoms with Crippen molar-refractivity contribution in [1.29, 1.82) is 0 Å². The molecule has 1 fully saturated rings. The summed E-state index contributed by atoms with van der Waals surface area (Å²) in [5.74, 6) is -1.36. The number of sulfone groups is 1. The first kappa shape index (κ1) is 18.1. The van der Waals surface area contributed by atoms with Gasteiger partial charge in [-0.3, -0.25) is 9.59 Å². The van der Waals surface area contributed by atoms with Gasteiger partial charge in [0, 0.05) is 6.04 Å². The molecule has 3 aromatic rings. The number of rotatable bonds is 2. The van der Waals surface area contributed by atoms with Crippen LogP contribution in [0.15, 0.2) is 57.7 Å². The fourth-order valence-electron chi connectivity index (χ4n) is 4.30. The number of amides is 1. The number of nitrogens with zero attached hydrogens (tertiary/aromatic N) is 1. The van der Waals surface area contributed by atoms with Crippen molar-refractivity contribution in [2.75, 3.05) is 11.5 Å². The molecule has 148 valence electrons. The number of hydrogen-bond donors (Lipinski definition) is 0. The number of hydrogen-bond acceptors (Lipinski definition) is 5. The van der Waals surface area contributed by atoms with E-state index in [-0.39, 0.29) is 33.8 Å². The van der Waals surface area contributed by atoms with E-state index >= 15 is 0 Å². The largest absolute Gasteiger partial charge is 0.450 e. The van der Waals surface area contributed by atoms with Crippen LogP contribution in [-0.4, -0.2) is 36.8 Å². The van der Waals surface area contributed by atoms with Gasteiger partial charge in [0.2, 0.25) is 5.76 Å². The molecule has 6 nitrogen and oxygen atoms in total. The number of carbonyl (C=O) groups excluding carboxylic acids is 1. The maximum Gasteiger partial charge on any atom is 0.291 e. The van der Waals surface area contributed by atoms with E-state index in [2.05, 4.69) is 0 Å². The van der Waals surface area contributed by atoms with Crippen LogP contribution in [0, 0.1) is 5.82 Å². The molecule has 8 heteroatoms. The van der Waals surface area contributed by atoms with Crippen LogP contribution >= 0.6 is 0 Å². The molecule has 1 amide bonds. The highest BCUT2D eigenvalue weighted by Gasteiger charge is 2.48. The summed E-state index contributed by atoms with van der Waals surface area (Å²) in [5, 5.41) is 0.0541. The Balaban J connectivity index is 1.77. The van der Waals surface area contributed by atoms with Gasteiger partial charge in [-0.25, -0.2) is 12.8 Å². The molecular weight excluding hydrogens is 397 g/mol. The summed E-state index contributed by atoms with van der Waals surface area (Å²) in [7, 11) is -3.26. The molecule has 3 heterocycles. The van der Waals surface area contributed by atoms with Crippen molar-refractivity contribution in [2.24, 2.45) is 0 Å². The lowest BCUT2D eigenvalue weighted by Crippen LogP contribution is -2.40. The highest BCUT2D eigenvalue weighted by Crippen LogP contribution is 2.41. The molecule has 2 unspecified atom stereocenters. The van der Waals surface area contributed by atoms with Crippen molar-refractivity contribution in [1.82, 2.24) is 4.90 Å². The molecule has 0 aliphatic carbocycles. The highest BCUT2D eigenvalue weighted by atomic mass is 32.2. The Morgan fingerprint density at radius 2 is 1.83 bits per heavy atom. The van der Waals surface area contributed by atoms with Crippen molar-refractivity contribution in [3.8, 4) is 0 Å². The molecule has 2 aromatic carbocycles. The fourth-order valence-corrected chi connectivity index (χ4v) is 6.01. The topological polar surface area (TPSA) is 84.7 Å². The Labute approximate surface area is 165 Å². The Kier molecular flexibility index (Phi) is 3.89. The summed E-state index contributed by atoms with van der Waals surface area (Å²) in [6.07, 6.45) is 0.299. The third kappa shape index (κ3) is 2.78. The van der Waals surface area contributed by atoms with Gasteiger partial charge in [-0.2, -0.15) is 0 Å². The molecule has 2 aliphatic heterocycles. The predicted molar refractivity (Wildman–Crippen MR) is 104 cm³/mol. The summed E-state index contributed by atoms with van der Waals surface area (Å²) in [4.78, 5) is 28.0. The molecule has 5 rings (SSSR count). The van der Waals surface area contributed by atoms with Gasteiger partial charge in [0.05, 0.1) is 28.5 Å². The molecule has 29 heavy (non-hydrogen) atoms. The summed E-state index contributed by atoms with van der Waals surface area (Å²) in [6, 6.07) is 11.2. The first-order valence-corrected chi connectivity index (χ1v) is 11.0. The van der Waals surface area contributed by atoms with Crippen LogP contribution in [0.3, 0.4) is 0 Å². The van der Waals surface area contributed by atoms with E-state index in [4.69, 9.17) is 4.42 Å². The van der Waals surface area contributed by atoms with E-state index in [0.29, 0.717) is 12.0 Å². The van der Waals surface area contributed by atoms with Crippen molar-refractivity contribution in [3.63, 3.8) is 0 Å². The van der Waals surface area contributed by atoms with Crippen molar-refractivity contribution >= 4 is 26.7 Å². The van der Waals surface area contributed by atoms with Gasteiger partial charge in [-0.15, -0.1) is 0 Å². The first-order chi connectivity index (χ1) is 13.9. The fraction of sp³-hybridized carbons (Fsp3) is 0.238. The van der Waals surface area contributed by atoms with E-state index in [1.807, 2.05) is 6.07 Å². The minimum Gasteiger partial charge on any atom is -0.450 e. The molecule has 0 saturated carbocycles. The zero-order chi connectivity index (χ0) is 20.3. The van der Waals surface area contributed by atoms with Gasteiger partial charge in [0.1, 0.15) is 11.4 Å². The lowest BCUT2D eigenvalue weighted by atomic mass is 9.97. The van der Waals surface area contributed by atoms with E-state index in [1.54, 1.807) is 24.3 Å². The molecule has 2 atom stereocenters. The van der Waals surface area contributed by atoms with Crippen LogP contribution in [0.1, 0.15) is 34.1 Å². The molecule has 1 aromatic heterocycles. The summed E-state index contributed by atoms with van der Waals surface area (Å²) >= 11 is 0. The molecule has 2 aliphatic rings. The molecule has 0 bridgehead atoms. The van der Waals surface area contributed by atoms with Gasteiger partial charge in [-0.05, 0) is 30.2 Å². The summed E-state index contributed by atoms with van der Waals surface area (Å²) in [5.41, 5.74) is 0.443. The third-order valence-electron chi connectivity index (χ3n) is 5.58. The SMILES string of the molecule is O=C1c2oc3ccc(F)cc3c(=O)c2C(c2ccccc2)N1C1CCS(=O)(=O)C1. The number of benzene rings is 2. The van der Waals surface area contributed by atoms with Gasteiger partial charge in [0.15, 0.2) is 15.3 Å². The van der Waals surface area contributed by atoms with E-state index in [9.17, 15) is 22.4 Å². The monoisotopic (exact) mass is 413 g/mol. The van der Waals surface area contributed by atoms with Crippen molar-refractivity contribution in [2.45, 2.75) is 18.5 Å². The first-order valence-electron chi connectivity index (χ1n) is 9.20. The van der Waals surface area contributed by atoms with Crippen molar-refractivity contribution in [3.05, 3.63) is 81.5 Å². The second-order valence-corrected chi connectivity index (χ2v) is 9.63. The minimum absolute atomic E-state index is 0.00609. The van der Waals surface area contributed by atoms with E-state index < -0.39 is 39.1 Å². The smallest absolute Gasteiger partial charge is 0.291 e. The number of fused-ring (bicyclic) bond motifs is 2. The molecule has 0 radical (unpaired) electrons. The molecule has 1 saturated heterocycles. The Morgan fingerprint density at radius 1 is 1.07 bits per heavy atom. The van der Waals surface area contributed by atoms with Gasteiger partial charge < -0.3 is 9.32 Å². The standard InChI is InChI=1S/C21H16FNO5S/c22-13-6-7-16-15(10-13)19(24)17-18(12-4-2-1-3-5-12)23(21(25)20(17)28-16)14-8-9-29(26,27)11-14/h1-7,10,14,18H,8-9,11H2. The minimum atomic E-state index is -3.26. The van der Waals surface area contributed by atoms with Crippen LogP contribution < -0.4 is 5.43 Å². The normalized spacial score (nSPS) is 22.9. The summed E-state index contributed by atoms with van der Waals surface area (Å²) < 4.78 is 43.6. The zero-order valence-corrected chi connectivity index (χ0v) is 16.0. The highest BCUT2D eigenvalue weighted by molar-refractivity contribution is 7.91. The Bertz CT molecular complexity index is 1320. The molecular formula is C21H16FNO5S. The van der Waals surface area contributed by atoms with E-state index in [1.165, 1.54) is 11.0 Å². The zero-order valence-electron chi connectivity index (χ0n) is 15.2. The number of halogens is 1. The maximum atomic E-state index is 13.7.